The van der Waals surface area contributed by atoms with Gasteiger partial charge in [0, 0.05) is 23.7 Å². The standard InChI is InChI=1S/C28H27ClF3NO5/c1-2-37-25-10-5-19(14-26(34)35)13-24(25)23-15-21(28(30,31)32)7-6-20(23)16-33-12-11-27(36)38-17-18-3-8-22(29)9-4-18/h3-10,13,15,33H,2,11-12,14,16-17H2,1H3,(H,34,35). The number of carbonyl (C=O) groups excluding carboxylic acids is 1. The van der Waals surface area contributed by atoms with Gasteiger partial charge in [-0.3, -0.25) is 9.59 Å². The summed E-state index contributed by atoms with van der Waals surface area (Å²) in [6.07, 6.45) is -4.80. The van der Waals surface area contributed by atoms with E-state index in [0.717, 1.165) is 17.7 Å². The molecule has 0 aliphatic rings. The third kappa shape index (κ3) is 8.49. The largest absolute Gasteiger partial charge is 0.493 e. The Morgan fingerprint density at radius 2 is 1.68 bits per heavy atom. The normalized spacial score (nSPS) is 11.3. The SMILES string of the molecule is CCOc1ccc(CC(=O)O)cc1-c1cc(C(F)(F)F)ccc1CNCCC(=O)OCc1ccc(Cl)cc1. The molecule has 0 saturated heterocycles. The molecule has 3 rings (SSSR count). The number of alkyl halides is 3. The van der Waals surface area contributed by atoms with E-state index in [4.69, 9.17) is 21.1 Å². The Labute approximate surface area is 223 Å². The van der Waals surface area contributed by atoms with E-state index < -0.39 is 23.7 Å². The predicted molar refractivity (Wildman–Crippen MR) is 137 cm³/mol. The number of nitrogens with one attached hydrogen (secondary N) is 1. The highest BCUT2D eigenvalue weighted by molar-refractivity contribution is 6.30. The fraction of sp³-hybridized carbons (Fsp3) is 0.286. The van der Waals surface area contributed by atoms with Gasteiger partial charge in [0.05, 0.1) is 25.0 Å². The number of benzene rings is 3. The van der Waals surface area contributed by atoms with Crippen LogP contribution >= 0.6 is 11.6 Å². The zero-order valence-electron chi connectivity index (χ0n) is 20.6. The van der Waals surface area contributed by atoms with Gasteiger partial charge < -0.3 is 19.9 Å². The van der Waals surface area contributed by atoms with E-state index in [-0.39, 0.29) is 44.7 Å². The van der Waals surface area contributed by atoms with E-state index in [0.29, 0.717) is 27.5 Å². The van der Waals surface area contributed by atoms with Crippen LogP contribution in [0.1, 0.15) is 35.6 Å². The summed E-state index contributed by atoms with van der Waals surface area (Å²) in [5.41, 5.74) is 1.52. The summed E-state index contributed by atoms with van der Waals surface area (Å²) >= 11 is 5.84. The Kier molecular flexibility index (Phi) is 10.2. The number of esters is 1. The van der Waals surface area contributed by atoms with Gasteiger partial charge in [0.25, 0.3) is 0 Å². The first-order chi connectivity index (χ1) is 18.1. The van der Waals surface area contributed by atoms with Crippen LogP contribution in [0.25, 0.3) is 11.1 Å². The van der Waals surface area contributed by atoms with Crippen LogP contribution in [0.2, 0.25) is 5.02 Å². The number of hydrogen-bond acceptors (Lipinski definition) is 5. The van der Waals surface area contributed by atoms with E-state index in [1.165, 1.54) is 12.1 Å². The van der Waals surface area contributed by atoms with Gasteiger partial charge in [-0.1, -0.05) is 35.9 Å². The first kappa shape index (κ1) is 29.0. The molecule has 0 bridgehead atoms. The lowest BCUT2D eigenvalue weighted by Gasteiger charge is -2.18. The molecule has 3 aromatic rings. The second-order valence-corrected chi connectivity index (χ2v) is 8.85. The molecule has 202 valence electrons. The molecule has 10 heteroatoms. The maximum absolute atomic E-state index is 13.5. The number of aliphatic carboxylic acids is 1. The van der Waals surface area contributed by atoms with Crippen LogP contribution in [0.3, 0.4) is 0 Å². The molecule has 0 aliphatic carbocycles. The average Bonchev–Trinajstić information content (AvgIpc) is 2.86. The molecule has 0 aromatic heterocycles. The zero-order chi connectivity index (χ0) is 27.7. The van der Waals surface area contributed by atoms with Crippen molar-refractivity contribution in [2.24, 2.45) is 0 Å². The summed E-state index contributed by atoms with van der Waals surface area (Å²) in [5, 5.41) is 12.8. The number of rotatable bonds is 12. The smallest absolute Gasteiger partial charge is 0.416 e. The summed E-state index contributed by atoms with van der Waals surface area (Å²) < 4.78 is 51.5. The Morgan fingerprint density at radius 3 is 2.34 bits per heavy atom. The van der Waals surface area contributed by atoms with E-state index in [1.54, 1.807) is 43.3 Å². The summed E-state index contributed by atoms with van der Waals surface area (Å²) in [4.78, 5) is 23.3. The molecular weight excluding hydrogens is 523 g/mol. The molecule has 0 spiro atoms. The third-order valence-electron chi connectivity index (χ3n) is 5.56. The minimum atomic E-state index is -4.57. The summed E-state index contributed by atoms with van der Waals surface area (Å²) in [6, 6.07) is 14.9. The Balaban J connectivity index is 1.75. The fourth-order valence-electron chi connectivity index (χ4n) is 3.74. The highest BCUT2D eigenvalue weighted by Gasteiger charge is 2.31. The molecular formula is C28H27ClF3NO5. The molecule has 0 fully saturated rings. The Bertz CT molecular complexity index is 1260. The number of ether oxygens (including phenoxy) is 2. The molecule has 0 saturated carbocycles. The molecule has 0 atom stereocenters. The van der Waals surface area contributed by atoms with Gasteiger partial charge in [0.15, 0.2) is 0 Å². The molecule has 0 amide bonds. The highest BCUT2D eigenvalue weighted by Crippen LogP contribution is 2.38. The first-order valence-electron chi connectivity index (χ1n) is 11.9. The van der Waals surface area contributed by atoms with Crippen LogP contribution < -0.4 is 10.1 Å². The van der Waals surface area contributed by atoms with Crippen molar-refractivity contribution < 1.29 is 37.3 Å². The van der Waals surface area contributed by atoms with Crippen molar-refractivity contribution in [1.29, 1.82) is 0 Å². The zero-order valence-corrected chi connectivity index (χ0v) is 21.4. The molecule has 0 heterocycles. The monoisotopic (exact) mass is 549 g/mol. The lowest BCUT2D eigenvalue weighted by atomic mass is 9.94. The van der Waals surface area contributed by atoms with E-state index in [9.17, 15) is 27.9 Å². The lowest BCUT2D eigenvalue weighted by molar-refractivity contribution is -0.145. The molecule has 38 heavy (non-hydrogen) atoms. The predicted octanol–water partition coefficient (Wildman–Crippen LogP) is 6.27. The molecule has 0 unspecified atom stereocenters. The number of hydrogen-bond donors (Lipinski definition) is 2. The summed E-state index contributed by atoms with van der Waals surface area (Å²) in [5.74, 6) is -1.15. The van der Waals surface area contributed by atoms with Crippen LogP contribution in [0.4, 0.5) is 13.2 Å². The highest BCUT2D eigenvalue weighted by atomic mass is 35.5. The van der Waals surface area contributed by atoms with Gasteiger partial charge in [-0.25, -0.2) is 0 Å². The van der Waals surface area contributed by atoms with Gasteiger partial charge in [-0.15, -0.1) is 0 Å². The Morgan fingerprint density at radius 1 is 0.974 bits per heavy atom. The van der Waals surface area contributed by atoms with Crippen molar-refractivity contribution in [2.75, 3.05) is 13.2 Å². The first-order valence-corrected chi connectivity index (χ1v) is 12.2. The van der Waals surface area contributed by atoms with Crippen LogP contribution in [-0.2, 0) is 40.1 Å². The van der Waals surface area contributed by atoms with Gasteiger partial charge in [-0.05, 0) is 65.6 Å². The quantitative estimate of drug-likeness (QED) is 0.204. The second-order valence-electron chi connectivity index (χ2n) is 8.42. The van der Waals surface area contributed by atoms with Crippen LogP contribution in [-0.4, -0.2) is 30.2 Å². The molecule has 0 aliphatic heterocycles. The second kappa shape index (κ2) is 13.3. The van der Waals surface area contributed by atoms with Crippen molar-refractivity contribution in [1.82, 2.24) is 5.32 Å². The number of carboxylic acids is 1. The van der Waals surface area contributed by atoms with Gasteiger partial charge in [0.1, 0.15) is 12.4 Å². The topological polar surface area (TPSA) is 84.9 Å². The number of carboxylic acid groups (broad SMARTS) is 1. The molecule has 2 N–H and O–H groups in total. The number of halogens is 4. The van der Waals surface area contributed by atoms with Crippen molar-refractivity contribution >= 4 is 23.5 Å². The summed E-state index contributed by atoms with van der Waals surface area (Å²) in [6.45, 7) is 2.52. The minimum absolute atomic E-state index is 0.0574. The van der Waals surface area contributed by atoms with Crippen LogP contribution in [0, 0.1) is 0 Å². The van der Waals surface area contributed by atoms with Gasteiger partial charge in [-0.2, -0.15) is 13.2 Å². The molecule has 0 radical (unpaired) electrons. The minimum Gasteiger partial charge on any atom is -0.493 e. The Hall–Kier alpha value is -3.56. The van der Waals surface area contributed by atoms with Crippen LogP contribution in [0.15, 0.2) is 60.7 Å². The fourth-order valence-corrected chi connectivity index (χ4v) is 3.87. The van der Waals surface area contributed by atoms with Gasteiger partial charge in [0.2, 0.25) is 0 Å². The van der Waals surface area contributed by atoms with Crippen molar-refractivity contribution in [3.05, 3.63) is 87.9 Å². The molecule has 3 aromatic carbocycles. The van der Waals surface area contributed by atoms with Crippen molar-refractivity contribution in [3.8, 4) is 16.9 Å². The van der Waals surface area contributed by atoms with Crippen molar-refractivity contribution in [2.45, 2.75) is 39.1 Å². The maximum Gasteiger partial charge on any atom is 0.416 e. The number of carbonyl (C=O) groups is 2. The average molecular weight is 550 g/mol. The third-order valence-corrected chi connectivity index (χ3v) is 5.81. The maximum atomic E-state index is 13.5. The van der Waals surface area contributed by atoms with Crippen LogP contribution in [0.5, 0.6) is 5.75 Å². The van der Waals surface area contributed by atoms with Crippen molar-refractivity contribution in [3.63, 3.8) is 0 Å². The van der Waals surface area contributed by atoms with E-state index >= 15 is 0 Å². The summed E-state index contributed by atoms with van der Waals surface area (Å²) in [7, 11) is 0. The van der Waals surface area contributed by atoms with E-state index in [1.807, 2.05) is 0 Å². The molecule has 6 nitrogen and oxygen atoms in total. The van der Waals surface area contributed by atoms with E-state index in [2.05, 4.69) is 5.32 Å². The van der Waals surface area contributed by atoms with Gasteiger partial charge >= 0.3 is 18.1 Å². The lowest BCUT2D eigenvalue weighted by Crippen LogP contribution is -2.19.